The first-order valence-corrected chi connectivity index (χ1v) is 8.03. The van der Waals surface area contributed by atoms with Crippen LogP contribution in [0.2, 0.25) is 0 Å². The van der Waals surface area contributed by atoms with Gasteiger partial charge in [0.25, 0.3) is 5.91 Å². The largest absolute Gasteiger partial charge is 0.494 e. The molecule has 1 amide bonds. The van der Waals surface area contributed by atoms with Gasteiger partial charge < -0.3 is 15.8 Å². The molecule has 0 saturated heterocycles. The Morgan fingerprint density at radius 3 is 2.55 bits per heavy atom. The maximum atomic E-state index is 12.3. The first kappa shape index (κ1) is 17.8. The third kappa shape index (κ3) is 3.87. The molecule has 3 N–H and O–H groups in total. The number of halogens is 2. The molecule has 0 unspecified atom stereocenters. The zero-order valence-electron chi connectivity index (χ0n) is 11.6. The highest BCUT2D eigenvalue weighted by molar-refractivity contribution is 9.10. The molecule has 1 aromatic rings. The number of nitrogens with two attached hydrogens (primary N) is 1. The third-order valence-corrected chi connectivity index (χ3v) is 5.79. The van der Waals surface area contributed by atoms with Crippen molar-refractivity contribution in [2.75, 3.05) is 7.11 Å². The van der Waals surface area contributed by atoms with Gasteiger partial charge in [-0.3, -0.25) is 4.79 Å². The standard InChI is InChI=1S/C13H19BrN2O2S.ClH/c1-7-10(14)11(18-2)12(19-7)13(17)16-9-5-3-8(15)4-6-9;/h8-9H,3-6,15H2,1-2H3,(H,16,17);1H. The van der Waals surface area contributed by atoms with Gasteiger partial charge in [0.1, 0.15) is 4.88 Å². The van der Waals surface area contributed by atoms with Crippen molar-refractivity contribution in [3.8, 4) is 5.75 Å². The Morgan fingerprint density at radius 2 is 2.00 bits per heavy atom. The van der Waals surface area contributed by atoms with Crippen molar-refractivity contribution in [2.24, 2.45) is 5.73 Å². The van der Waals surface area contributed by atoms with Crippen LogP contribution in [0.5, 0.6) is 5.75 Å². The third-order valence-electron chi connectivity index (χ3n) is 3.49. The summed E-state index contributed by atoms with van der Waals surface area (Å²) in [5.74, 6) is 0.587. The van der Waals surface area contributed by atoms with E-state index in [1.807, 2.05) is 6.92 Å². The van der Waals surface area contributed by atoms with E-state index in [2.05, 4.69) is 21.2 Å². The average Bonchev–Trinajstić information content (AvgIpc) is 2.68. The summed E-state index contributed by atoms with van der Waals surface area (Å²) < 4.78 is 6.18. The lowest BCUT2D eigenvalue weighted by Crippen LogP contribution is -2.40. The highest BCUT2D eigenvalue weighted by Crippen LogP contribution is 2.39. The number of ether oxygens (including phenoxy) is 1. The molecule has 4 nitrogen and oxygen atoms in total. The zero-order valence-corrected chi connectivity index (χ0v) is 14.8. The van der Waals surface area contributed by atoms with Crippen LogP contribution in [0.4, 0.5) is 0 Å². The second kappa shape index (κ2) is 7.64. The topological polar surface area (TPSA) is 64.3 Å². The molecule has 1 aliphatic carbocycles. The summed E-state index contributed by atoms with van der Waals surface area (Å²) in [7, 11) is 1.59. The molecular formula is C13H20BrClN2O2S. The van der Waals surface area contributed by atoms with E-state index < -0.39 is 0 Å². The first-order valence-electron chi connectivity index (χ1n) is 6.42. The minimum absolute atomic E-state index is 0. The lowest BCUT2D eigenvalue weighted by Gasteiger charge is -2.26. The lowest BCUT2D eigenvalue weighted by molar-refractivity contribution is 0.0927. The summed E-state index contributed by atoms with van der Waals surface area (Å²) in [4.78, 5) is 14.0. The summed E-state index contributed by atoms with van der Waals surface area (Å²) >= 11 is 4.91. The van der Waals surface area contributed by atoms with Crippen molar-refractivity contribution in [3.63, 3.8) is 0 Å². The van der Waals surface area contributed by atoms with Crippen LogP contribution in [0, 0.1) is 6.92 Å². The van der Waals surface area contributed by atoms with E-state index in [0.717, 1.165) is 35.0 Å². The van der Waals surface area contributed by atoms with E-state index in [-0.39, 0.29) is 24.4 Å². The summed E-state index contributed by atoms with van der Waals surface area (Å²) in [5, 5.41) is 3.09. The number of nitrogens with one attached hydrogen (secondary N) is 1. The van der Waals surface area contributed by atoms with Crippen LogP contribution in [0.1, 0.15) is 40.2 Å². The number of methoxy groups -OCH3 is 1. The monoisotopic (exact) mass is 382 g/mol. The maximum Gasteiger partial charge on any atom is 0.265 e. The fraction of sp³-hybridized carbons (Fsp3) is 0.615. The van der Waals surface area contributed by atoms with Crippen LogP contribution in [0.3, 0.4) is 0 Å². The van der Waals surface area contributed by atoms with Crippen molar-refractivity contribution in [1.29, 1.82) is 0 Å². The van der Waals surface area contributed by atoms with Gasteiger partial charge in [-0.2, -0.15) is 0 Å². The molecule has 1 fully saturated rings. The molecule has 0 aliphatic heterocycles. The molecule has 0 radical (unpaired) electrons. The van der Waals surface area contributed by atoms with E-state index in [9.17, 15) is 4.79 Å². The SMILES string of the molecule is COc1c(C(=O)NC2CCC(N)CC2)sc(C)c1Br.Cl. The Bertz CT molecular complexity index is 473. The zero-order chi connectivity index (χ0) is 14.0. The second-order valence-electron chi connectivity index (χ2n) is 4.92. The van der Waals surface area contributed by atoms with E-state index in [4.69, 9.17) is 10.5 Å². The Kier molecular flexibility index (Phi) is 6.78. The van der Waals surface area contributed by atoms with Crippen molar-refractivity contribution >= 4 is 45.6 Å². The van der Waals surface area contributed by atoms with Gasteiger partial charge in [0.15, 0.2) is 5.75 Å². The number of hydrogen-bond donors (Lipinski definition) is 2. The van der Waals surface area contributed by atoms with Crippen LogP contribution in [0.25, 0.3) is 0 Å². The van der Waals surface area contributed by atoms with Crippen LogP contribution in [0.15, 0.2) is 4.47 Å². The average molecular weight is 384 g/mol. The van der Waals surface area contributed by atoms with Gasteiger partial charge in [-0.05, 0) is 48.5 Å². The fourth-order valence-corrected chi connectivity index (χ4v) is 4.00. The Labute approximate surface area is 138 Å². The summed E-state index contributed by atoms with van der Waals surface area (Å²) in [6.45, 7) is 1.97. The van der Waals surface area contributed by atoms with Crippen LogP contribution in [-0.2, 0) is 0 Å². The molecule has 114 valence electrons. The minimum atomic E-state index is -0.0453. The predicted molar refractivity (Wildman–Crippen MR) is 88.3 cm³/mol. The normalized spacial score (nSPS) is 22.0. The van der Waals surface area contributed by atoms with Crippen LogP contribution >= 0.6 is 39.7 Å². The molecule has 1 aromatic heterocycles. The van der Waals surface area contributed by atoms with Crippen molar-refractivity contribution in [3.05, 3.63) is 14.2 Å². The lowest BCUT2D eigenvalue weighted by atomic mass is 9.92. The maximum absolute atomic E-state index is 12.3. The highest BCUT2D eigenvalue weighted by atomic mass is 79.9. The first-order chi connectivity index (χ1) is 9.02. The number of rotatable bonds is 3. The molecule has 2 rings (SSSR count). The number of aryl methyl sites for hydroxylation is 1. The Hall–Kier alpha value is -0.300. The van der Waals surface area contributed by atoms with Crippen LogP contribution < -0.4 is 15.8 Å². The summed E-state index contributed by atoms with van der Waals surface area (Å²) in [5.41, 5.74) is 5.87. The highest BCUT2D eigenvalue weighted by Gasteiger charge is 2.25. The number of thiophene rings is 1. The number of carbonyl (C=O) groups is 1. The molecule has 1 heterocycles. The molecule has 0 bridgehead atoms. The van der Waals surface area contributed by atoms with Gasteiger partial charge in [-0.15, -0.1) is 23.7 Å². The molecule has 0 atom stereocenters. The van der Waals surface area contributed by atoms with E-state index in [1.165, 1.54) is 11.3 Å². The predicted octanol–water partition coefficient (Wildman–Crippen LogP) is 3.25. The van der Waals surface area contributed by atoms with Crippen molar-refractivity contribution < 1.29 is 9.53 Å². The molecular weight excluding hydrogens is 364 g/mol. The fourth-order valence-electron chi connectivity index (χ4n) is 2.35. The van der Waals surface area contributed by atoms with E-state index in [1.54, 1.807) is 7.11 Å². The van der Waals surface area contributed by atoms with Gasteiger partial charge in [0.2, 0.25) is 0 Å². The Morgan fingerprint density at radius 1 is 1.40 bits per heavy atom. The van der Waals surface area contributed by atoms with Gasteiger partial charge in [0.05, 0.1) is 11.6 Å². The van der Waals surface area contributed by atoms with Gasteiger partial charge in [0, 0.05) is 17.0 Å². The molecule has 7 heteroatoms. The van der Waals surface area contributed by atoms with Crippen LogP contribution in [-0.4, -0.2) is 25.1 Å². The molecule has 1 aliphatic rings. The minimum Gasteiger partial charge on any atom is -0.494 e. The molecule has 1 saturated carbocycles. The van der Waals surface area contributed by atoms with Gasteiger partial charge in [-0.1, -0.05) is 0 Å². The number of hydrogen-bond acceptors (Lipinski definition) is 4. The molecule has 0 aromatic carbocycles. The van der Waals surface area contributed by atoms with Gasteiger partial charge >= 0.3 is 0 Å². The van der Waals surface area contributed by atoms with Crippen molar-refractivity contribution in [2.45, 2.75) is 44.7 Å². The summed E-state index contributed by atoms with van der Waals surface area (Å²) in [6.07, 6.45) is 3.88. The Balaban J connectivity index is 0.00000200. The van der Waals surface area contributed by atoms with Crippen molar-refractivity contribution in [1.82, 2.24) is 5.32 Å². The summed E-state index contributed by atoms with van der Waals surface area (Å²) in [6, 6.07) is 0.527. The number of amides is 1. The molecule has 20 heavy (non-hydrogen) atoms. The van der Waals surface area contributed by atoms with E-state index in [0.29, 0.717) is 16.7 Å². The smallest absolute Gasteiger partial charge is 0.265 e. The molecule has 0 spiro atoms. The second-order valence-corrected chi connectivity index (χ2v) is 6.94. The quantitative estimate of drug-likeness (QED) is 0.842. The van der Waals surface area contributed by atoms with E-state index >= 15 is 0 Å². The van der Waals surface area contributed by atoms with Gasteiger partial charge in [-0.25, -0.2) is 0 Å². The number of carbonyl (C=O) groups excluding carboxylic acids is 1.